The van der Waals surface area contributed by atoms with E-state index in [-0.39, 0.29) is 35.3 Å². The van der Waals surface area contributed by atoms with Gasteiger partial charge in [-0.1, -0.05) is 78.7 Å². The highest BCUT2D eigenvalue weighted by Gasteiger charge is 2.36. The zero-order valence-corrected chi connectivity index (χ0v) is 29.6. The monoisotopic (exact) mass is 711 g/mol. The summed E-state index contributed by atoms with van der Waals surface area (Å²) in [6.45, 7) is 2.99. The minimum atomic E-state index is -4.36. The molecule has 4 rings (SSSR count). The van der Waals surface area contributed by atoms with Crippen LogP contribution in [0.4, 0.5) is 5.69 Å². The van der Waals surface area contributed by atoms with Crippen LogP contribution in [-0.2, 0) is 32.6 Å². The Balaban J connectivity index is 1.87. The molecule has 2 amide bonds. The highest BCUT2D eigenvalue weighted by atomic mass is 35.5. The smallest absolute Gasteiger partial charge is 0.264 e. The number of para-hydroxylation sites is 2. The molecule has 0 bridgehead atoms. The van der Waals surface area contributed by atoms with Crippen molar-refractivity contribution in [2.24, 2.45) is 0 Å². The quantitative estimate of drug-likeness (QED) is 0.146. The van der Waals surface area contributed by atoms with E-state index in [0.717, 1.165) is 9.87 Å². The molecule has 1 N–H and O–H groups in total. The Labute approximate surface area is 292 Å². The number of amides is 2. The van der Waals surface area contributed by atoms with E-state index in [1.165, 1.54) is 43.4 Å². The number of halogens is 2. The lowest BCUT2D eigenvalue weighted by Gasteiger charge is -2.35. The van der Waals surface area contributed by atoms with Crippen LogP contribution in [0, 0.1) is 0 Å². The maximum Gasteiger partial charge on any atom is 0.264 e. The molecule has 0 spiro atoms. The Morgan fingerprint density at radius 2 is 1.46 bits per heavy atom. The van der Waals surface area contributed by atoms with Gasteiger partial charge in [0.15, 0.2) is 0 Å². The van der Waals surface area contributed by atoms with Gasteiger partial charge in [0.2, 0.25) is 11.8 Å². The van der Waals surface area contributed by atoms with Crippen molar-refractivity contribution in [2.75, 3.05) is 25.1 Å². The maximum atomic E-state index is 14.7. The van der Waals surface area contributed by atoms with Crippen LogP contribution in [0.3, 0.4) is 0 Å². The molecule has 0 aromatic heterocycles. The topological polar surface area (TPSA) is 105 Å². The van der Waals surface area contributed by atoms with Crippen molar-refractivity contribution < 1.29 is 27.5 Å². The van der Waals surface area contributed by atoms with E-state index in [0.29, 0.717) is 27.8 Å². The van der Waals surface area contributed by atoms with E-state index in [2.05, 4.69) is 5.32 Å². The molecule has 0 heterocycles. The van der Waals surface area contributed by atoms with Crippen LogP contribution in [0.5, 0.6) is 11.5 Å². The average Bonchev–Trinajstić information content (AvgIpc) is 3.09. The van der Waals surface area contributed by atoms with Crippen molar-refractivity contribution in [3.63, 3.8) is 0 Å². The molecule has 0 aliphatic heterocycles. The average molecular weight is 713 g/mol. The summed E-state index contributed by atoms with van der Waals surface area (Å²) in [5.74, 6) is -0.355. The predicted molar refractivity (Wildman–Crippen MR) is 189 cm³/mol. The molecule has 0 radical (unpaired) electrons. The predicted octanol–water partition coefficient (Wildman–Crippen LogP) is 6.76. The summed E-state index contributed by atoms with van der Waals surface area (Å²) in [6.07, 6.45) is 0.812. The van der Waals surface area contributed by atoms with Gasteiger partial charge in [0.05, 0.1) is 24.8 Å². The molecular weight excluding hydrogens is 673 g/mol. The first-order chi connectivity index (χ1) is 23.0. The molecule has 0 fully saturated rings. The number of carbonyl (C=O) groups is 2. The summed E-state index contributed by atoms with van der Waals surface area (Å²) in [5.41, 5.74) is 1.37. The second-order valence-corrected chi connectivity index (χ2v) is 13.8. The summed E-state index contributed by atoms with van der Waals surface area (Å²) >= 11 is 13.2. The third-order valence-electron chi connectivity index (χ3n) is 7.94. The van der Waals surface area contributed by atoms with Gasteiger partial charge in [0, 0.05) is 34.6 Å². The fourth-order valence-corrected chi connectivity index (χ4v) is 7.01. The van der Waals surface area contributed by atoms with Gasteiger partial charge in [0.25, 0.3) is 10.0 Å². The van der Waals surface area contributed by atoms with Crippen molar-refractivity contribution >= 4 is 50.7 Å². The van der Waals surface area contributed by atoms with Gasteiger partial charge in [-0.2, -0.15) is 0 Å². The molecule has 12 heteroatoms. The summed E-state index contributed by atoms with van der Waals surface area (Å²) in [4.78, 5) is 30.0. The number of ether oxygens (including phenoxy) is 2. The van der Waals surface area contributed by atoms with Crippen molar-refractivity contribution in [3.8, 4) is 11.5 Å². The first-order valence-electron chi connectivity index (χ1n) is 15.4. The Morgan fingerprint density at radius 3 is 2.06 bits per heavy atom. The van der Waals surface area contributed by atoms with Crippen LogP contribution in [0.15, 0.2) is 102 Å². The molecule has 0 saturated carbocycles. The molecule has 4 aromatic carbocycles. The van der Waals surface area contributed by atoms with Gasteiger partial charge in [-0.15, -0.1) is 0 Å². The summed E-state index contributed by atoms with van der Waals surface area (Å²) in [5, 5.41) is 3.61. The molecule has 0 aliphatic carbocycles. The Bertz CT molecular complexity index is 1790. The molecule has 48 heavy (non-hydrogen) atoms. The lowest BCUT2D eigenvalue weighted by molar-refractivity contribution is -0.140. The SMILES string of the molecule is CC[C@H](C)NC(=O)[C@H](Cc1ccccc1)N(Cc1c(Cl)cccc1Cl)C(=O)CN(c1ccccc1OC)S(=O)(=O)c1ccc(OC)cc1. The van der Waals surface area contributed by atoms with Crippen LogP contribution in [0.2, 0.25) is 10.0 Å². The molecule has 0 aliphatic rings. The zero-order chi connectivity index (χ0) is 34.8. The fourth-order valence-electron chi connectivity index (χ4n) is 5.07. The van der Waals surface area contributed by atoms with Gasteiger partial charge in [0.1, 0.15) is 24.1 Å². The highest BCUT2D eigenvalue weighted by Crippen LogP contribution is 2.34. The van der Waals surface area contributed by atoms with Crippen molar-refractivity contribution in [1.29, 1.82) is 0 Å². The number of nitrogens with zero attached hydrogens (tertiary/aromatic N) is 2. The molecule has 9 nitrogen and oxygen atoms in total. The van der Waals surface area contributed by atoms with E-state index >= 15 is 0 Å². The van der Waals surface area contributed by atoms with E-state index in [9.17, 15) is 18.0 Å². The van der Waals surface area contributed by atoms with E-state index in [4.69, 9.17) is 32.7 Å². The summed E-state index contributed by atoms with van der Waals surface area (Å²) < 4.78 is 40.4. The number of carbonyl (C=O) groups excluding carboxylic acids is 2. The van der Waals surface area contributed by atoms with Crippen LogP contribution in [0.25, 0.3) is 0 Å². The van der Waals surface area contributed by atoms with Crippen molar-refractivity contribution in [2.45, 2.75) is 50.2 Å². The van der Waals surface area contributed by atoms with E-state index < -0.39 is 34.4 Å². The Hall–Kier alpha value is -4.25. The third-order valence-corrected chi connectivity index (χ3v) is 10.4. The number of rotatable bonds is 15. The number of anilines is 1. The molecule has 2 atom stereocenters. The van der Waals surface area contributed by atoms with Crippen molar-refractivity contribution in [1.82, 2.24) is 10.2 Å². The fraction of sp³-hybridized carbons (Fsp3) is 0.278. The number of benzene rings is 4. The highest BCUT2D eigenvalue weighted by molar-refractivity contribution is 7.92. The van der Waals surface area contributed by atoms with Crippen LogP contribution in [0.1, 0.15) is 31.4 Å². The third kappa shape index (κ3) is 8.80. The standard InChI is InChI=1S/C36H39Cl2N3O6S/c1-5-25(2)39-36(43)33(22-26-12-7-6-8-13-26)40(23-29-30(37)14-11-15-31(29)38)35(42)24-41(32-16-9-10-17-34(32)47-4)48(44,45)28-20-18-27(46-3)19-21-28/h6-21,25,33H,5,22-24H2,1-4H3,(H,39,43)/t25-,33-/m0/s1. The molecule has 0 saturated heterocycles. The second kappa shape index (κ2) is 16.7. The summed E-state index contributed by atoms with van der Waals surface area (Å²) in [6, 6.07) is 25.4. The minimum Gasteiger partial charge on any atom is -0.497 e. The van der Waals surface area contributed by atoms with E-state index in [1.54, 1.807) is 42.5 Å². The van der Waals surface area contributed by atoms with Gasteiger partial charge in [-0.05, 0) is 67.4 Å². The maximum absolute atomic E-state index is 14.7. The molecule has 0 unspecified atom stereocenters. The lowest BCUT2D eigenvalue weighted by Crippen LogP contribution is -2.54. The van der Waals surface area contributed by atoms with Gasteiger partial charge >= 0.3 is 0 Å². The van der Waals surface area contributed by atoms with Gasteiger partial charge in [-0.3, -0.25) is 13.9 Å². The first kappa shape index (κ1) is 36.6. The first-order valence-corrected chi connectivity index (χ1v) is 17.6. The molecule has 4 aromatic rings. The minimum absolute atomic E-state index is 0.0712. The summed E-state index contributed by atoms with van der Waals surface area (Å²) in [7, 11) is -1.46. The van der Waals surface area contributed by atoms with E-state index in [1.807, 2.05) is 44.2 Å². The van der Waals surface area contributed by atoms with Gasteiger partial charge < -0.3 is 19.7 Å². The van der Waals surface area contributed by atoms with Crippen LogP contribution in [-0.4, -0.2) is 58.0 Å². The van der Waals surface area contributed by atoms with Gasteiger partial charge in [-0.25, -0.2) is 8.42 Å². The van der Waals surface area contributed by atoms with Crippen LogP contribution >= 0.6 is 23.2 Å². The zero-order valence-electron chi connectivity index (χ0n) is 27.2. The number of nitrogens with one attached hydrogen (secondary N) is 1. The molecule has 254 valence electrons. The largest absolute Gasteiger partial charge is 0.497 e. The lowest BCUT2D eigenvalue weighted by atomic mass is 10.0. The van der Waals surface area contributed by atoms with Crippen molar-refractivity contribution in [3.05, 3.63) is 118 Å². The number of hydrogen-bond donors (Lipinski definition) is 1. The number of methoxy groups -OCH3 is 2. The Kier molecular flexibility index (Phi) is 12.7. The van der Waals surface area contributed by atoms with Crippen LogP contribution < -0.4 is 19.1 Å². The number of sulfonamides is 1. The second-order valence-electron chi connectivity index (χ2n) is 11.1. The Morgan fingerprint density at radius 1 is 0.833 bits per heavy atom. The normalized spacial score (nSPS) is 12.5. The molecular formula is C36H39Cl2N3O6S. The number of hydrogen-bond acceptors (Lipinski definition) is 6.